The largest absolute Gasteiger partial charge is 0.481 e. The lowest BCUT2D eigenvalue weighted by atomic mass is 9.84. The molecule has 2 aromatic rings. The highest BCUT2D eigenvalue weighted by atomic mass is 19.4. The molecule has 2 aromatic carbocycles. The maximum atomic E-state index is 13.3. The first-order valence-corrected chi connectivity index (χ1v) is 13.8. The number of carboxylic acid groups (broad SMARTS) is 2. The van der Waals surface area contributed by atoms with Crippen molar-refractivity contribution in [3.63, 3.8) is 0 Å². The van der Waals surface area contributed by atoms with E-state index in [9.17, 15) is 50.6 Å². The van der Waals surface area contributed by atoms with Crippen molar-refractivity contribution in [2.24, 2.45) is 0 Å². The smallest absolute Gasteiger partial charge is 0.430 e. The summed E-state index contributed by atoms with van der Waals surface area (Å²) in [6.07, 6.45) is -12.0. The maximum absolute atomic E-state index is 13.3. The average molecular weight is 673 g/mol. The van der Waals surface area contributed by atoms with Crippen LogP contribution in [0.4, 0.5) is 26.3 Å². The number of halogens is 6. The topological polar surface area (TPSA) is 136 Å². The Morgan fingerprint density at radius 2 is 1.23 bits per heavy atom. The van der Waals surface area contributed by atoms with Gasteiger partial charge in [-0.1, -0.05) is 24.3 Å². The Kier molecular flexibility index (Phi) is 10.2. The molecule has 254 valence electrons. The molecule has 0 spiro atoms. The van der Waals surface area contributed by atoms with Crippen LogP contribution in [0.2, 0.25) is 0 Å². The van der Waals surface area contributed by atoms with Crippen molar-refractivity contribution >= 4 is 36.3 Å². The second-order valence-corrected chi connectivity index (χ2v) is 11.6. The van der Waals surface area contributed by atoms with Crippen molar-refractivity contribution in [1.29, 1.82) is 0 Å². The second kappa shape index (κ2) is 13.1. The first-order valence-electron chi connectivity index (χ1n) is 13.8. The third kappa shape index (κ3) is 7.95. The van der Waals surface area contributed by atoms with E-state index < -0.39 is 64.4 Å². The number of esters is 1. The minimum absolute atomic E-state index is 0.0701. The minimum atomic E-state index is -4.85. The Hall–Kier alpha value is -4.82. The fourth-order valence-electron chi connectivity index (χ4n) is 4.40. The van der Waals surface area contributed by atoms with Gasteiger partial charge in [-0.3, -0.25) is 4.79 Å². The number of carboxylic acids is 2. The van der Waals surface area contributed by atoms with E-state index in [0.29, 0.717) is 11.8 Å². The summed E-state index contributed by atoms with van der Waals surface area (Å²) in [7, 11) is 0. The van der Waals surface area contributed by atoms with Crippen LogP contribution in [0.3, 0.4) is 0 Å². The molecular weight excluding hydrogens is 642 g/mol. The highest BCUT2D eigenvalue weighted by molar-refractivity contribution is 5.97. The summed E-state index contributed by atoms with van der Waals surface area (Å²) in [5, 5.41) is 18.2. The van der Waals surface area contributed by atoms with Crippen LogP contribution in [0.1, 0.15) is 56.9 Å². The number of fused-ring (bicyclic) bond motifs is 2. The van der Waals surface area contributed by atoms with E-state index in [1.165, 1.54) is 51.1 Å². The summed E-state index contributed by atoms with van der Waals surface area (Å²) < 4.78 is 93.3. The zero-order chi connectivity index (χ0) is 35.7. The number of carbonyl (C=O) groups is 4. The molecule has 2 aliphatic rings. The molecule has 47 heavy (non-hydrogen) atoms. The van der Waals surface area contributed by atoms with Gasteiger partial charge in [0.2, 0.25) is 12.2 Å². The van der Waals surface area contributed by atoms with Crippen molar-refractivity contribution in [3.8, 4) is 11.5 Å². The molecule has 15 heteroatoms. The molecule has 0 saturated carbocycles. The fraction of sp³-hybridized carbons (Fsp3) is 0.375. The molecule has 0 aliphatic carbocycles. The standard InChI is InChI=1S/C17H17F3O5.C15H13F3O4/c1-4-24-14(21)11-7-9-5-6-10(16(2,3)15(22)23)8-12(9)25-13(11)17(18,19)20;1-14(2,7-19)9-4-3-8-5-10(13(20)21)12(15(16,17)18)22-11(8)6-9/h5-8,13H,4H2,1-3H3,(H,22,23);3-7,12H,1-2H3,(H,20,21). The van der Waals surface area contributed by atoms with E-state index in [-0.39, 0.29) is 34.8 Å². The maximum Gasteiger partial charge on any atom is 0.430 e. The van der Waals surface area contributed by atoms with Gasteiger partial charge in [-0.2, -0.15) is 26.3 Å². The van der Waals surface area contributed by atoms with Gasteiger partial charge in [0.15, 0.2) is 0 Å². The zero-order valence-electron chi connectivity index (χ0n) is 25.6. The van der Waals surface area contributed by atoms with Crippen molar-refractivity contribution in [1.82, 2.24) is 0 Å². The quantitative estimate of drug-likeness (QED) is 0.198. The molecule has 2 heterocycles. The van der Waals surface area contributed by atoms with Crippen LogP contribution < -0.4 is 9.47 Å². The molecule has 2 unspecified atom stereocenters. The van der Waals surface area contributed by atoms with Crippen LogP contribution in [-0.2, 0) is 34.7 Å². The molecular formula is C32H30F6O9. The monoisotopic (exact) mass is 672 g/mol. The molecule has 2 aliphatic heterocycles. The van der Waals surface area contributed by atoms with Crippen LogP contribution in [0.15, 0.2) is 47.5 Å². The summed E-state index contributed by atoms with van der Waals surface area (Å²) >= 11 is 0. The number of hydrogen-bond donors (Lipinski definition) is 2. The number of benzene rings is 2. The molecule has 0 amide bonds. The van der Waals surface area contributed by atoms with E-state index >= 15 is 0 Å². The first-order chi connectivity index (χ1) is 21.5. The number of rotatable bonds is 7. The van der Waals surface area contributed by atoms with E-state index in [1.807, 2.05) is 0 Å². The molecule has 9 nitrogen and oxygen atoms in total. The van der Waals surface area contributed by atoms with Crippen molar-refractivity contribution in [2.75, 3.05) is 6.61 Å². The number of hydrogen-bond acceptors (Lipinski definition) is 7. The number of aldehydes is 1. The normalized spacial score (nSPS) is 17.6. The van der Waals surface area contributed by atoms with E-state index in [1.54, 1.807) is 19.9 Å². The van der Waals surface area contributed by atoms with Gasteiger partial charge >= 0.3 is 30.3 Å². The highest BCUT2D eigenvalue weighted by Crippen LogP contribution is 2.41. The number of ether oxygens (including phenoxy) is 3. The Morgan fingerprint density at radius 1 is 0.787 bits per heavy atom. The highest BCUT2D eigenvalue weighted by Gasteiger charge is 2.50. The lowest BCUT2D eigenvalue weighted by Crippen LogP contribution is -2.41. The molecule has 2 atom stereocenters. The average Bonchev–Trinajstić information content (AvgIpc) is 2.98. The third-order valence-electron chi connectivity index (χ3n) is 7.35. The molecule has 4 rings (SSSR count). The summed E-state index contributed by atoms with van der Waals surface area (Å²) in [5.41, 5.74) is -2.48. The summed E-state index contributed by atoms with van der Waals surface area (Å²) in [4.78, 5) is 45.2. The van der Waals surface area contributed by atoms with Crippen molar-refractivity contribution < 1.29 is 69.9 Å². The van der Waals surface area contributed by atoms with Gasteiger partial charge in [0.05, 0.1) is 23.2 Å². The minimum Gasteiger partial charge on any atom is -0.481 e. The van der Waals surface area contributed by atoms with E-state index in [0.717, 1.165) is 12.2 Å². The van der Waals surface area contributed by atoms with Crippen LogP contribution in [0, 0.1) is 0 Å². The third-order valence-corrected chi connectivity index (χ3v) is 7.35. The summed E-state index contributed by atoms with van der Waals surface area (Å²) in [6.45, 7) is 7.51. The predicted octanol–water partition coefficient (Wildman–Crippen LogP) is 6.27. The number of carbonyl (C=O) groups excluding carboxylic acids is 2. The van der Waals surface area contributed by atoms with Crippen molar-refractivity contribution in [3.05, 3.63) is 69.8 Å². The summed E-state index contributed by atoms with van der Waals surface area (Å²) in [5.74, 6) is -4.16. The number of aliphatic carboxylic acids is 2. The molecule has 0 saturated heterocycles. The van der Waals surface area contributed by atoms with Gasteiger partial charge < -0.3 is 29.2 Å². The van der Waals surface area contributed by atoms with Gasteiger partial charge in [-0.15, -0.1) is 0 Å². The molecule has 2 N–H and O–H groups in total. The Morgan fingerprint density at radius 3 is 1.66 bits per heavy atom. The predicted molar refractivity (Wildman–Crippen MR) is 154 cm³/mol. The molecule has 0 fully saturated rings. The number of alkyl halides is 6. The lowest BCUT2D eigenvalue weighted by molar-refractivity contribution is -0.188. The van der Waals surface area contributed by atoms with E-state index in [2.05, 4.69) is 4.74 Å². The molecule has 0 radical (unpaired) electrons. The van der Waals surface area contributed by atoms with Gasteiger partial charge in [-0.05, 0) is 70.0 Å². The van der Waals surface area contributed by atoms with Crippen LogP contribution in [0.25, 0.3) is 12.2 Å². The summed E-state index contributed by atoms with van der Waals surface area (Å²) in [6, 6.07) is 8.47. The SMILES string of the molecule is CC(C)(C=O)c1ccc2c(c1)OC(C(F)(F)F)C(C(=O)O)=C2.CCOC(=O)C1=Cc2ccc(C(C)(C)C(=O)O)cc2OC1C(F)(F)F. The Labute approximate surface area is 264 Å². The second-order valence-electron chi connectivity index (χ2n) is 11.6. The van der Waals surface area contributed by atoms with Crippen LogP contribution >= 0.6 is 0 Å². The van der Waals surface area contributed by atoms with E-state index in [4.69, 9.17) is 14.6 Å². The Bertz CT molecular complexity index is 1630. The molecule has 0 bridgehead atoms. The Balaban J connectivity index is 0.000000257. The first kappa shape index (κ1) is 36.6. The molecule has 0 aromatic heterocycles. The van der Waals surface area contributed by atoms with Crippen LogP contribution in [0.5, 0.6) is 11.5 Å². The lowest BCUT2D eigenvalue weighted by Gasteiger charge is -2.29. The van der Waals surface area contributed by atoms with Crippen molar-refractivity contribution in [2.45, 2.75) is 70.0 Å². The zero-order valence-corrected chi connectivity index (χ0v) is 25.6. The fourth-order valence-corrected chi connectivity index (χ4v) is 4.40. The van der Waals surface area contributed by atoms with Gasteiger partial charge in [0.25, 0.3) is 0 Å². The van der Waals surface area contributed by atoms with Gasteiger partial charge in [0.1, 0.15) is 17.8 Å². The van der Waals surface area contributed by atoms with Gasteiger partial charge in [0, 0.05) is 16.5 Å². The van der Waals surface area contributed by atoms with Crippen LogP contribution in [-0.4, -0.2) is 65.6 Å². The van der Waals surface area contributed by atoms with Gasteiger partial charge in [-0.25, -0.2) is 9.59 Å².